The number of nitrogens with zero attached hydrogens (tertiary/aromatic N) is 1. The fourth-order valence-electron chi connectivity index (χ4n) is 3.45. The number of aliphatic carboxylic acids is 2. The number of carbonyl (C=O) groups excluding carboxylic acids is 1. The first-order valence-corrected chi connectivity index (χ1v) is 8.75. The summed E-state index contributed by atoms with van der Waals surface area (Å²) in [5, 5.41) is 21.7. The lowest BCUT2D eigenvalue weighted by Crippen LogP contribution is -2.37. The summed E-state index contributed by atoms with van der Waals surface area (Å²) in [6, 6.07) is 4.41. The molecule has 0 aliphatic carbocycles. The Balaban J connectivity index is 1.85. The van der Waals surface area contributed by atoms with Crippen molar-refractivity contribution in [3.05, 3.63) is 42.1 Å². The number of aromatic amines is 1. The van der Waals surface area contributed by atoms with Gasteiger partial charge in [0.15, 0.2) is 0 Å². The van der Waals surface area contributed by atoms with Gasteiger partial charge in [-0.3, -0.25) is 14.5 Å². The third-order valence-corrected chi connectivity index (χ3v) is 4.64. The predicted molar refractivity (Wildman–Crippen MR) is 99.5 cm³/mol. The summed E-state index contributed by atoms with van der Waals surface area (Å²) in [6.45, 7) is 1.52. The van der Waals surface area contributed by atoms with Crippen LogP contribution in [0, 0.1) is 0 Å². The normalized spacial score (nSPS) is 16.4. The Morgan fingerprint density at radius 3 is 2.52 bits per heavy atom. The molecule has 0 radical (unpaired) electrons. The number of aromatic nitrogens is 1. The zero-order valence-corrected chi connectivity index (χ0v) is 14.6. The Bertz CT molecular complexity index is 896. The number of anilines is 1. The van der Waals surface area contributed by atoms with E-state index in [4.69, 9.17) is 5.11 Å². The third kappa shape index (κ3) is 4.35. The first kappa shape index (κ1) is 18.7. The average molecular weight is 371 g/mol. The monoisotopic (exact) mass is 371 g/mol. The standard InChI is InChI=1S/C19H21N3O5/c23-16(6-7-17(24)25)21-12-4-5-13-14(11-20-15(13)10-12)18(19(26)27)22-8-2-1-3-9-22/h4-7,10-11,18,20H,1-3,8-9H2,(H,21,23)(H,24,25)(H,26,27)/b7-6+. The van der Waals surface area contributed by atoms with E-state index in [9.17, 15) is 19.5 Å². The van der Waals surface area contributed by atoms with Gasteiger partial charge < -0.3 is 20.5 Å². The molecule has 1 saturated heterocycles. The van der Waals surface area contributed by atoms with Gasteiger partial charge in [0.05, 0.1) is 0 Å². The van der Waals surface area contributed by atoms with Crippen molar-refractivity contribution < 1.29 is 24.6 Å². The number of fused-ring (bicyclic) bond motifs is 1. The SMILES string of the molecule is O=C(O)/C=C/C(=O)Nc1ccc2c(C(C(=O)O)N3CCCCC3)c[nH]c2c1. The first-order chi connectivity index (χ1) is 13.0. The molecular formula is C19H21N3O5. The smallest absolute Gasteiger partial charge is 0.328 e. The summed E-state index contributed by atoms with van der Waals surface area (Å²) >= 11 is 0. The molecule has 1 unspecified atom stereocenters. The van der Waals surface area contributed by atoms with E-state index in [0.29, 0.717) is 16.8 Å². The van der Waals surface area contributed by atoms with E-state index < -0.39 is 23.9 Å². The molecular weight excluding hydrogens is 350 g/mol. The van der Waals surface area contributed by atoms with Crippen LogP contribution in [-0.4, -0.2) is 51.0 Å². The largest absolute Gasteiger partial charge is 0.480 e. The number of carbonyl (C=O) groups is 3. The van der Waals surface area contributed by atoms with Crippen molar-refractivity contribution in [2.75, 3.05) is 18.4 Å². The van der Waals surface area contributed by atoms with Gasteiger partial charge in [-0.2, -0.15) is 0 Å². The lowest BCUT2D eigenvalue weighted by atomic mass is 10.0. The summed E-state index contributed by atoms with van der Waals surface area (Å²) in [4.78, 5) is 39.1. The quantitative estimate of drug-likeness (QED) is 0.578. The Morgan fingerprint density at radius 1 is 1.11 bits per heavy atom. The summed E-state index contributed by atoms with van der Waals surface area (Å²) < 4.78 is 0. The molecule has 1 aromatic carbocycles. The zero-order chi connectivity index (χ0) is 19.4. The van der Waals surface area contributed by atoms with E-state index in [2.05, 4.69) is 10.3 Å². The van der Waals surface area contributed by atoms with E-state index in [-0.39, 0.29) is 0 Å². The van der Waals surface area contributed by atoms with Gasteiger partial charge in [-0.25, -0.2) is 4.79 Å². The molecule has 1 amide bonds. The van der Waals surface area contributed by atoms with Crippen LogP contribution in [-0.2, 0) is 14.4 Å². The number of nitrogens with one attached hydrogen (secondary N) is 2. The second kappa shape index (κ2) is 8.05. The minimum atomic E-state index is -1.20. The van der Waals surface area contributed by atoms with Crippen LogP contribution in [0.4, 0.5) is 5.69 Å². The summed E-state index contributed by atoms with van der Waals surface area (Å²) in [7, 11) is 0. The maximum atomic E-state index is 11.9. The molecule has 142 valence electrons. The second-order valence-corrected chi connectivity index (χ2v) is 6.50. The molecule has 1 aliphatic heterocycles. The van der Waals surface area contributed by atoms with Gasteiger partial charge >= 0.3 is 11.9 Å². The molecule has 2 heterocycles. The highest BCUT2D eigenvalue weighted by molar-refractivity contribution is 6.03. The number of amides is 1. The van der Waals surface area contributed by atoms with Crippen molar-refractivity contribution in [1.29, 1.82) is 0 Å². The van der Waals surface area contributed by atoms with Crippen LogP contribution in [0.25, 0.3) is 10.9 Å². The summed E-state index contributed by atoms with van der Waals surface area (Å²) in [6.07, 6.45) is 6.50. The maximum Gasteiger partial charge on any atom is 0.328 e. The molecule has 1 atom stereocenters. The number of likely N-dealkylation sites (tertiary alicyclic amines) is 1. The number of rotatable bonds is 6. The lowest BCUT2D eigenvalue weighted by molar-refractivity contribution is -0.144. The van der Waals surface area contributed by atoms with E-state index >= 15 is 0 Å². The van der Waals surface area contributed by atoms with E-state index in [1.165, 1.54) is 0 Å². The number of benzene rings is 1. The number of hydrogen-bond acceptors (Lipinski definition) is 4. The van der Waals surface area contributed by atoms with Gasteiger partial charge in [-0.1, -0.05) is 12.5 Å². The molecule has 8 heteroatoms. The van der Waals surface area contributed by atoms with Crippen molar-refractivity contribution in [2.24, 2.45) is 0 Å². The van der Waals surface area contributed by atoms with Crippen molar-refractivity contribution in [1.82, 2.24) is 9.88 Å². The predicted octanol–water partition coefficient (Wildman–Crippen LogP) is 2.36. The van der Waals surface area contributed by atoms with Gasteiger partial charge in [0.2, 0.25) is 5.91 Å². The van der Waals surface area contributed by atoms with Crippen LogP contribution in [0.3, 0.4) is 0 Å². The van der Waals surface area contributed by atoms with Gasteiger partial charge in [-0.15, -0.1) is 0 Å². The van der Waals surface area contributed by atoms with Crippen molar-refractivity contribution in [3.8, 4) is 0 Å². The van der Waals surface area contributed by atoms with Crippen LogP contribution < -0.4 is 5.32 Å². The Labute approximate surface area is 155 Å². The molecule has 1 aromatic heterocycles. The number of carboxylic acid groups (broad SMARTS) is 2. The second-order valence-electron chi connectivity index (χ2n) is 6.50. The summed E-state index contributed by atoms with van der Waals surface area (Å²) in [5.74, 6) is -2.64. The van der Waals surface area contributed by atoms with Crippen LogP contribution in [0.2, 0.25) is 0 Å². The lowest BCUT2D eigenvalue weighted by Gasteiger charge is -2.31. The molecule has 1 aliphatic rings. The Hall–Kier alpha value is -3.13. The highest BCUT2D eigenvalue weighted by Gasteiger charge is 2.30. The number of H-pyrrole nitrogens is 1. The molecule has 0 spiro atoms. The molecule has 4 N–H and O–H groups in total. The third-order valence-electron chi connectivity index (χ3n) is 4.64. The average Bonchev–Trinajstić information content (AvgIpc) is 3.04. The first-order valence-electron chi connectivity index (χ1n) is 8.75. The Morgan fingerprint density at radius 2 is 1.85 bits per heavy atom. The highest BCUT2D eigenvalue weighted by Crippen LogP contribution is 2.31. The van der Waals surface area contributed by atoms with Crippen molar-refractivity contribution in [3.63, 3.8) is 0 Å². The van der Waals surface area contributed by atoms with Crippen LogP contribution >= 0.6 is 0 Å². The minimum Gasteiger partial charge on any atom is -0.480 e. The molecule has 27 heavy (non-hydrogen) atoms. The van der Waals surface area contributed by atoms with Crippen molar-refractivity contribution in [2.45, 2.75) is 25.3 Å². The van der Waals surface area contributed by atoms with Crippen LogP contribution in [0.1, 0.15) is 30.9 Å². The fourth-order valence-corrected chi connectivity index (χ4v) is 3.45. The molecule has 8 nitrogen and oxygen atoms in total. The molecule has 0 bridgehead atoms. The van der Waals surface area contributed by atoms with Gasteiger partial charge in [0, 0.05) is 40.5 Å². The molecule has 2 aromatic rings. The van der Waals surface area contributed by atoms with Crippen LogP contribution in [0.15, 0.2) is 36.5 Å². The van der Waals surface area contributed by atoms with E-state index in [0.717, 1.165) is 49.9 Å². The number of hydrogen-bond donors (Lipinski definition) is 4. The molecule has 0 saturated carbocycles. The number of carboxylic acids is 2. The number of piperidine rings is 1. The van der Waals surface area contributed by atoms with Gasteiger partial charge in [-0.05, 0) is 38.1 Å². The van der Waals surface area contributed by atoms with Crippen molar-refractivity contribution >= 4 is 34.4 Å². The molecule has 1 fully saturated rings. The summed E-state index contributed by atoms with van der Waals surface area (Å²) in [5.41, 5.74) is 1.89. The maximum absolute atomic E-state index is 11.9. The molecule has 3 rings (SSSR count). The minimum absolute atomic E-state index is 0.487. The van der Waals surface area contributed by atoms with Gasteiger partial charge in [0.25, 0.3) is 0 Å². The highest BCUT2D eigenvalue weighted by atomic mass is 16.4. The fraction of sp³-hybridized carbons (Fsp3) is 0.316. The Kier molecular flexibility index (Phi) is 5.56. The van der Waals surface area contributed by atoms with E-state index in [1.807, 2.05) is 4.90 Å². The van der Waals surface area contributed by atoms with Crippen LogP contribution in [0.5, 0.6) is 0 Å². The zero-order valence-electron chi connectivity index (χ0n) is 14.6. The van der Waals surface area contributed by atoms with E-state index in [1.54, 1.807) is 24.4 Å². The van der Waals surface area contributed by atoms with Gasteiger partial charge in [0.1, 0.15) is 6.04 Å². The topological polar surface area (TPSA) is 123 Å².